The first-order valence-electron chi connectivity index (χ1n) is 12.1. The zero-order chi connectivity index (χ0) is 25.1. The van der Waals surface area contributed by atoms with Crippen molar-refractivity contribution in [2.75, 3.05) is 62.2 Å². The molecule has 6 heteroatoms. The molecule has 190 valence electrons. The van der Waals surface area contributed by atoms with Crippen molar-refractivity contribution in [1.29, 1.82) is 0 Å². The lowest BCUT2D eigenvalue weighted by atomic mass is 9.68. The van der Waals surface area contributed by atoms with Crippen molar-refractivity contribution in [1.82, 2.24) is 10.2 Å². The minimum Gasteiger partial charge on any atom is -0.493 e. The number of ether oxygens (including phenoxy) is 4. The van der Waals surface area contributed by atoms with Gasteiger partial charge in [-0.2, -0.15) is 0 Å². The maximum atomic E-state index is 5.61. The van der Waals surface area contributed by atoms with Gasteiger partial charge in [0.05, 0.1) is 28.4 Å². The number of nitrogens with one attached hydrogen (secondary N) is 1. The lowest BCUT2D eigenvalue weighted by Crippen LogP contribution is -2.42. The average Bonchev–Trinajstić information content (AvgIpc) is 2.85. The van der Waals surface area contributed by atoms with Crippen LogP contribution in [0.4, 0.5) is 0 Å². The molecule has 1 N–H and O–H groups in total. The summed E-state index contributed by atoms with van der Waals surface area (Å²) in [5.74, 6) is 3.57. The second-order valence-corrected chi connectivity index (χ2v) is 9.26. The first-order valence-corrected chi connectivity index (χ1v) is 12.1. The van der Waals surface area contributed by atoms with Gasteiger partial charge in [-0.1, -0.05) is 26.0 Å². The van der Waals surface area contributed by atoms with E-state index in [9.17, 15) is 0 Å². The summed E-state index contributed by atoms with van der Waals surface area (Å²) in [6.45, 7) is 7.57. The second-order valence-electron chi connectivity index (χ2n) is 9.26. The number of benzene rings is 2. The van der Waals surface area contributed by atoms with Gasteiger partial charge in [0.1, 0.15) is 0 Å². The fourth-order valence-electron chi connectivity index (χ4n) is 4.75. The molecular formula is C28H44N2O4. The molecule has 2 aromatic rings. The van der Waals surface area contributed by atoms with E-state index in [-0.39, 0.29) is 5.41 Å². The Morgan fingerprint density at radius 1 is 0.824 bits per heavy atom. The van der Waals surface area contributed by atoms with Crippen molar-refractivity contribution >= 4 is 0 Å². The lowest BCUT2D eigenvalue weighted by Gasteiger charge is -2.39. The van der Waals surface area contributed by atoms with Gasteiger partial charge in [-0.25, -0.2) is 0 Å². The minimum atomic E-state index is 0.0124. The number of hydrogen-bond acceptors (Lipinski definition) is 6. The van der Waals surface area contributed by atoms with Crippen LogP contribution in [-0.2, 0) is 11.8 Å². The smallest absolute Gasteiger partial charge is 0.161 e. The van der Waals surface area contributed by atoms with Crippen molar-refractivity contribution in [3.63, 3.8) is 0 Å². The summed E-state index contributed by atoms with van der Waals surface area (Å²) in [4.78, 5) is 2.41. The monoisotopic (exact) mass is 472 g/mol. The average molecular weight is 473 g/mol. The van der Waals surface area contributed by atoms with Crippen LogP contribution in [0.25, 0.3) is 0 Å². The molecular weight excluding hydrogens is 428 g/mol. The number of rotatable bonds is 15. The van der Waals surface area contributed by atoms with Crippen LogP contribution in [0.5, 0.6) is 23.0 Å². The highest BCUT2D eigenvalue weighted by molar-refractivity contribution is 5.46. The highest BCUT2D eigenvalue weighted by Gasteiger charge is 2.35. The number of nitrogens with zero attached hydrogens (tertiary/aromatic N) is 1. The lowest BCUT2D eigenvalue weighted by molar-refractivity contribution is 0.245. The standard InChI is InChI=1S/C28H44N2O4/c1-21(2)28(20-29-3,23-11-13-25(32-6)27(19-23)34-8)15-9-16-30(4)17-14-22-10-12-24(31-5)26(18-22)33-7/h10-13,18-19,21,29H,9,14-17,20H2,1-8H3. The Kier molecular flexibility index (Phi) is 11.0. The first-order chi connectivity index (χ1) is 16.3. The number of likely N-dealkylation sites (N-methyl/N-ethyl adjacent to an activating group) is 2. The topological polar surface area (TPSA) is 52.2 Å². The third-order valence-corrected chi connectivity index (χ3v) is 6.95. The molecule has 6 nitrogen and oxygen atoms in total. The molecule has 0 spiro atoms. The van der Waals surface area contributed by atoms with E-state index in [1.807, 2.05) is 19.2 Å². The Balaban J connectivity index is 2.05. The molecule has 0 aliphatic carbocycles. The van der Waals surface area contributed by atoms with Crippen molar-refractivity contribution in [3.05, 3.63) is 47.5 Å². The molecule has 0 heterocycles. The van der Waals surface area contributed by atoms with Gasteiger partial charge in [-0.05, 0) is 81.2 Å². The predicted octanol–water partition coefficient (Wildman–Crippen LogP) is 4.79. The molecule has 0 bridgehead atoms. The molecule has 0 aliphatic rings. The largest absolute Gasteiger partial charge is 0.493 e. The molecule has 0 radical (unpaired) electrons. The van der Waals surface area contributed by atoms with Gasteiger partial charge >= 0.3 is 0 Å². The van der Waals surface area contributed by atoms with E-state index in [2.05, 4.69) is 55.4 Å². The highest BCUT2D eigenvalue weighted by Crippen LogP contribution is 2.40. The van der Waals surface area contributed by atoms with E-state index in [4.69, 9.17) is 18.9 Å². The minimum absolute atomic E-state index is 0.0124. The summed E-state index contributed by atoms with van der Waals surface area (Å²) in [6, 6.07) is 12.5. The summed E-state index contributed by atoms with van der Waals surface area (Å²) in [5, 5.41) is 3.45. The Morgan fingerprint density at radius 2 is 1.41 bits per heavy atom. The number of hydrogen-bond donors (Lipinski definition) is 1. The summed E-state index contributed by atoms with van der Waals surface area (Å²) in [7, 11) is 11.0. The van der Waals surface area contributed by atoms with Crippen LogP contribution in [0.1, 0.15) is 37.8 Å². The van der Waals surface area contributed by atoms with E-state index < -0.39 is 0 Å². The summed E-state index contributed by atoms with van der Waals surface area (Å²) >= 11 is 0. The fraction of sp³-hybridized carbons (Fsp3) is 0.571. The van der Waals surface area contributed by atoms with E-state index in [1.165, 1.54) is 11.1 Å². The molecule has 0 saturated carbocycles. The van der Waals surface area contributed by atoms with Gasteiger partial charge in [0.2, 0.25) is 0 Å². The van der Waals surface area contributed by atoms with Crippen LogP contribution in [0, 0.1) is 5.92 Å². The Bertz CT molecular complexity index is 887. The Labute approximate surface area is 206 Å². The predicted molar refractivity (Wildman–Crippen MR) is 140 cm³/mol. The summed E-state index contributed by atoms with van der Waals surface area (Å²) < 4.78 is 21.9. The van der Waals surface area contributed by atoms with Crippen LogP contribution in [0.15, 0.2) is 36.4 Å². The van der Waals surface area contributed by atoms with Crippen LogP contribution >= 0.6 is 0 Å². The maximum Gasteiger partial charge on any atom is 0.161 e. The molecule has 34 heavy (non-hydrogen) atoms. The molecule has 2 rings (SSSR count). The van der Waals surface area contributed by atoms with Crippen LogP contribution in [0.2, 0.25) is 0 Å². The highest BCUT2D eigenvalue weighted by atomic mass is 16.5. The third kappa shape index (κ3) is 6.80. The van der Waals surface area contributed by atoms with Gasteiger partial charge in [-0.15, -0.1) is 0 Å². The van der Waals surface area contributed by atoms with Gasteiger partial charge in [0.15, 0.2) is 23.0 Å². The van der Waals surface area contributed by atoms with Crippen molar-refractivity contribution < 1.29 is 18.9 Å². The molecule has 1 atom stereocenters. The second kappa shape index (κ2) is 13.4. The zero-order valence-electron chi connectivity index (χ0n) is 22.4. The van der Waals surface area contributed by atoms with E-state index in [0.29, 0.717) is 5.92 Å². The van der Waals surface area contributed by atoms with Gasteiger partial charge in [0.25, 0.3) is 0 Å². The Hall–Kier alpha value is -2.44. The van der Waals surface area contributed by atoms with Gasteiger partial charge < -0.3 is 29.2 Å². The normalized spacial score (nSPS) is 13.1. The van der Waals surface area contributed by atoms with Crippen molar-refractivity contribution in [2.45, 2.75) is 38.5 Å². The summed E-state index contributed by atoms with van der Waals surface area (Å²) in [6.07, 6.45) is 3.16. The molecule has 0 saturated heterocycles. The van der Waals surface area contributed by atoms with E-state index in [0.717, 1.165) is 61.9 Å². The third-order valence-electron chi connectivity index (χ3n) is 6.95. The van der Waals surface area contributed by atoms with Crippen molar-refractivity contribution in [2.24, 2.45) is 5.92 Å². The molecule has 0 fully saturated rings. The molecule has 0 amide bonds. The fourth-order valence-corrected chi connectivity index (χ4v) is 4.75. The zero-order valence-corrected chi connectivity index (χ0v) is 22.4. The van der Waals surface area contributed by atoms with Crippen LogP contribution in [-0.4, -0.2) is 67.1 Å². The SMILES string of the molecule is CNCC(CCCN(C)CCc1ccc(OC)c(OC)c1)(c1ccc(OC)c(OC)c1)C(C)C. The molecule has 2 aromatic carbocycles. The molecule has 0 aromatic heterocycles. The number of methoxy groups -OCH3 is 4. The van der Waals surface area contributed by atoms with E-state index in [1.54, 1.807) is 28.4 Å². The molecule has 1 unspecified atom stereocenters. The Morgan fingerprint density at radius 3 is 1.97 bits per heavy atom. The van der Waals surface area contributed by atoms with Crippen LogP contribution < -0.4 is 24.3 Å². The first kappa shape index (κ1) is 27.8. The van der Waals surface area contributed by atoms with E-state index >= 15 is 0 Å². The molecule has 0 aliphatic heterocycles. The van der Waals surface area contributed by atoms with Gasteiger partial charge in [-0.3, -0.25) is 0 Å². The quantitative estimate of drug-likeness (QED) is 0.402. The van der Waals surface area contributed by atoms with Crippen molar-refractivity contribution in [3.8, 4) is 23.0 Å². The summed E-state index contributed by atoms with van der Waals surface area (Å²) in [5.41, 5.74) is 2.56. The van der Waals surface area contributed by atoms with Gasteiger partial charge in [0, 0.05) is 18.5 Å². The van der Waals surface area contributed by atoms with Crippen LogP contribution in [0.3, 0.4) is 0 Å². The maximum absolute atomic E-state index is 5.61.